The topological polar surface area (TPSA) is 104 Å². The molecular formula is C21H21N3O4. The summed E-state index contributed by atoms with van der Waals surface area (Å²) in [5.74, 6) is -2.27. The fourth-order valence-corrected chi connectivity index (χ4v) is 3.04. The number of aromatic nitrogens is 2. The fourth-order valence-electron chi connectivity index (χ4n) is 3.04. The highest BCUT2D eigenvalue weighted by Crippen LogP contribution is 2.17. The summed E-state index contributed by atoms with van der Waals surface area (Å²) in [6.45, 7) is 0.443. The summed E-state index contributed by atoms with van der Waals surface area (Å²) in [6.07, 6.45) is 3.18. The van der Waals surface area contributed by atoms with E-state index in [4.69, 9.17) is 0 Å². The number of nitrogens with zero attached hydrogens (tertiary/aromatic N) is 2. The minimum absolute atomic E-state index is 0.173. The number of carboxylic acid groups (broad SMARTS) is 2. The van der Waals surface area contributed by atoms with Crippen LogP contribution < -0.4 is 5.32 Å². The Labute approximate surface area is 162 Å². The number of hydrogen-bond acceptors (Lipinski definition) is 4. The van der Waals surface area contributed by atoms with Gasteiger partial charge in [0.2, 0.25) is 0 Å². The summed E-state index contributed by atoms with van der Waals surface area (Å²) < 4.78 is 1.71. The average Bonchev–Trinajstić information content (AvgIpc) is 3.14. The number of imidazole rings is 1. The first kappa shape index (κ1) is 19.3. The SMILES string of the molecule is O=C(O)C(Cc1ccccc1)N[C@H](C(=O)O)c1cncn1Cc1ccccc1. The van der Waals surface area contributed by atoms with E-state index in [1.807, 2.05) is 60.7 Å². The molecule has 7 nitrogen and oxygen atoms in total. The molecule has 0 saturated carbocycles. The molecule has 28 heavy (non-hydrogen) atoms. The Kier molecular flexibility index (Phi) is 6.18. The molecule has 2 aromatic carbocycles. The molecule has 2 atom stereocenters. The standard InChI is InChI=1S/C21H21N3O4/c25-20(26)17(11-15-7-3-1-4-8-15)23-19(21(27)28)18-12-22-14-24(18)13-16-9-5-2-6-10-16/h1-10,12,14,17,19,23H,11,13H2,(H,25,26)(H,27,28)/t17?,19-/m0/s1. The Morgan fingerprint density at radius 1 is 0.929 bits per heavy atom. The van der Waals surface area contributed by atoms with Gasteiger partial charge >= 0.3 is 11.9 Å². The summed E-state index contributed by atoms with van der Waals surface area (Å²) in [5, 5.41) is 22.1. The predicted octanol–water partition coefficient (Wildman–Crippen LogP) is 2.34. The second-order valence-electron chi connectivity index (χ2n) is 6.45. The van der Waals surface area contributed by atoms with Gasteiger partial charge in [0, 0.05) is 6.54 Å². The van der Waals surface area contributed by atoms with Crippen molar-refractivity contribution in [3.05, 3.63) is 90.0 Å². The Morgan fingerprint density at radius 2 is 1.54 bits per heavy atom. The van der Waals surface area contributed by atoms with Crippen LogP contribution >= 0.6 is 0 Å². The number of rotatable bonds is 9. The number of aliphatic carboxylic acids is 2. The summed E-state index contributed by atoms with van der Waals surface area (Å²) >= 11 is 0. The third-order valence-electron chi connectivity index (χ3n) is 4.43. The van der Waals surface area contributed by atoms with Gasteiger partial charge in [0.1, 0.15) is 12.1 Å². The lowest BCUT2D eigenvalue weighted by Crippen LogP contribution is -2.44. The third-order valence-corrected chi connectivity index (χ3v) is 4.43. The Balaban J connectivity index is 1.82. The van der Waals surface area contributed by atoms with Crippen LogP contribution in [-0.2, 0) is 22.6 Å². The van der Waals surface area contributed by atoms with Gasteiger partial charge in [0.25, 0.3) is 0 Å². The van der Waals surface area contributed by atoms with Crippen molar-refractivity contribution in [3.63, 3.8) is 0 Å². The van der Waals surface area contributed by atoms with Crippen molar-refractivity contribution in [2.24, 2.45) is 0 Å². The van der Waals surface area contributed by atoms with Crippen LogP contribution in [-0.4, -0.2) is 37.7 Å². The van der Waals surface area contributed by atoms with Crippen molar-refractivity contribution in [1.82, 2.24) is 14.9 Å². The van der Waals surface area contributed by atoms with Gasteiger partial charge in [0.15, 0.2) is 0 Å². The van der Waals surface area contributed by atoms with Crippen molar-refractivity contribution < 1.29 is 19.8 Å². The number of hydrogen-bond donors (Lipinski definition) is 3. The van der Waals surface area contributed by atoms with E-state index in [2.05, 4.69) is 10.3 Å². The normalized spacial score (nSPS) is 13.0. The molecule has 0 radical (unpaired) electrons. The van der Waals surface area contributed by atoms with Crippen molar-refractivity contribution in [1.29, 1.82) is 0 Å². The molecule has 0 fully saturated rings. The molecule has 0 aliphatic heterocycles. The molecule has 1 unspecified atom stereocenters. The zero-order valence-corrected chi connectivity index (χ0v) is 15.1. The first-order valence-corrected chi connectivity index (χ1v) is 8.84. The molecule has 3 N–H and O–H groups in total. The average molecular weight is 379 g/mol. The van der Waals surface area contributed by atoms with E-state index >= 15 is 0 Å². The van der Waals surface area contributed by atoms with Gasteiger partial charge in [-0.1, -0.05) is 60.7 Å². The van der Waals surface area contributed by atoms with Crippen LogP contribution in [0.25, 0.3) is 0 Å². The van der Waals surface area contributed by atoms with Crippen LogP contribution in [0.1, 0.15) is 22.9 Å². The maximum Gasteiger partial charge on any atom is 0.326 e. The first-order chi connectivity index (χ1) is 13.5. The quantitative estimate of drug-likeness (QED) is 0.527. The van der Waals surface area contributed by atoms with Gasteiger partial charge in [-0.15, -0.1) is 0 Å². The molecule has 3 aromatic rings. The van der Waals surface area contributed by atoms with E-state index in [1.165, 1.54) is 6.20 Å². The molecule has 0 saturated heterocycles. The van der Waals surface area contributed by atoms with E-state index in [1.54, 1.807) is 10.9 Å². The van der Waals surface area contributed by atoms with Crippen molar-refractivity contribution >= 4 is 11.9 Å². The Morgan fingerprint density at radius 3 is 2.11 bits per heavy atom. The molecule has 3 rings (SSSR count). The second kappa shape index (κ2) is 8.96. The van der Waals surface area contributed by atoms with E-state index in [9.17, 15) is 19.8 Å². The molecule has 1 aromatic heterocycles. The first-order valence-electron chi connectivity index (χ1n) is 8.84. The molecule has 0 aliphatic rings. The van der Waals surface area contributed by atoms with Crippen LogP contribution in [0, 0.1) is 0 Å². The predicted molar refractivity (Wildman–Crippen MR) is 103 cm³/mol. The van der Waals surface area contributed by atoms with E-state index in [0.717, 1.165) is 11.1 Å². The summed E-state index contributed by atoms with van der Waals surface area (Å²) in [6, 6.07) is 16.4. The number of carbonyl (C=O) groups is 2. The minimum atomic E-state index is -1.20. The lowest BCUT2D eigenvalue weighted by Gasteiger charge is -2.21. The molecular weight excluding hydrogens is 358 g/mol. The maximum atomic E-state index is 11.9. The van der Waals surface area contributed by atoms with Crippen LogP contribution in [0.15, 0.2) is 73.2 Å². The molecule has 7 heteroatoms. The van der Waals surface area contributed by atoms with Gasteiger partial charge in [-0.25, -0.2) is 4.98 Å². The van der Waals surface area contributed by atoms with Gasteiger partial charge in [0.05, 0.1) is 18.2 Å². The lowest BCUT2D eigenvalue weighted by molar-refractivity contribution is -0.142. The van der Waals surface area contributed by atoms with E-state index < -0.39 is 24.0 Å². The van der Waals surface area contributed by atoms with E-state index in [0.29, 0.717) is 12.2 Å². The highest BCUT2D eigenvalue weighted by atomic mass is 16.4. The zero-order chi connectivity index (χ0) is 19.9. The zero-order valence-electron chi connectivity index (χ0n) is 15.1. The van der Waals surface area contributed by atoms with Gasteiger partial charge < -0.3 is 14.8 Å². The molecule has 0 amide bonds. The summed E-state index contributed by atoms with van der Waals surface area (Å²) in [5.41, 5.74) is 2.20. The Bertz CT molecular complexity index is 925. The van der Waals surface area contributed by atoms with Crippen LogP contribution in [0.4, 0.5) is 0 Å². The number of nitrogens with one attached hydrogen (secondary N) is 1. The summed E-state index contributed by atoms with van der Waals surface area (Å²) in [7, 11) is 0. The van der Waals surface area contributed by atoms with Crippen LogP contribution in [0.2, 0.25) is 0 Å². The highest BCUT2D eigenvalue weighted by Gasteiger charge is 2.29. The molecule has 0 bridgehead atoms. The molecule has 0 aliphatic carbocycles. The van der Waals surface area contributed by atoms with Gasteiger partial charge in [-0.05, 0) is 17.5 Å². The largest absolute Gasteiger partial charge is 0.480 e. The van der Waals surface area contributed by atoms with Crippen molar-refractivity contribution in [2.75, 3.05) is 0 Å². The highest BCUT2D eigenvalue weighted by molar-refractivity contribution is 5.78. The molecule has 144 valence electrons. The molecule has 0 spiro atoms. The Hall–Kier alpha value is -3.45. The van der Waals surface area contributed by atoms with Crippen LogP contribution in [0.3, 0.4) is 0 Å². The van der Waals surface area contributed by atoms with E-state index in [-0.39, 0.29) is 6.42 Å². The van der Waals surface area contributed by atoms with Crippen molar-refractivity contribution in [2.45, 2.75) is 25.0 Å². The fraction of sp³-hybridized carbons (Fsp3) is 0.190. The van der Waals surface area contributed by atoms with Crippen LogP contribution in [0.5, 0.6) is 0 Å². The maximum absolute atomic E-state index is 11.9. The smallest absolute Gasteiger partial charge is 0.326 e. The third kappa shape index (κ3) is 4.83. The lowest BCUT2D eigenvalue weighted by atomic mass is 10.0. The number of carboxylic acids is 2. The number of benzene rings is 2. The second-order valence-corrected chi connectivity index (χ2v) is 6.45. The molecule has 1 heterocycles. The monoisotopic (exact) mass is 379 g/mol. The van der Waals surface area contributed by atoms with Gasteiger partial charge in [-0.3, -0.25) is 14.9 Å². The minimum Gasteiger partial charge on any atom is -0.480 e. The summed E-state index contributed by atoms with van der Waals surface area (Å²) in [4.78, 5) is 27.7. The van der Waals surface area contributed by atoms with Gasteiger partial charge in [-0.2, -0.15) is 0 Å². The van der Waals surface area contributed by atoms with Crippen molar-refractivity contribution in [3.8, 4) is 0 Å².